The molecule has 0 amide bonds. The topological polar surface area (TPSA) is 40.5 Å². The first-order valence-corrected chi connectivity index (χ1v) is 12.2. The minimum atomic E-state index is -1.18. The molecule has 0 rings (SSSR count). The third-order valence-electron chi connectivity index (χ3n) is 5.96. The quantitative estimate of drug-likeness (QED) is 0.107. The maximum absolute atomic E-state index is 9.48. The molecule has 0 bridgehead atoms. The average molecular weight is 514 g/mol. The molecule has 0 heterocycles. The molecule has 0 fully saturated rings. The summed E-state index contributed by atoms with van der Waals surface area (Å²) in [6.45, 7) is 7.18. The lowest BCUT2D eigenvalue weighted by Crippen LogP contribution is -3.00. The molecule has 0 aromatic heterocycles. The number of aliphatic hydroxyl groups excluding tert-OH is 1. The molecule has 28 heavy (non-hydrogen) atoms. The van der Waals surface area contributed by atoms with Crippen molar-refractivity contribution in [3.8, 4) is 0 Å². The highest BCUT2D eigenvalue weighted by Crippen LogP contribution is 2.15. The average Bonchev–Trinajstić information content (AvgIpc) is 2.62. The van der Waals surface area contributed by atoms with Crippen LogP contribution in [0.5, 0.6) is 0 Å². The van der Waals surface area contributed by atoms with Gasteiger partial charge in [-0.05, 0) is 25.7 Å². The van der Waals surface area contributed by atoms with Gasteiger partial charge in [0.2, 0.25) is 6.29 Å². The number of likely N-dealkylation sites (N-methyl/N-ethyl adjacent to an activating group) is 1. The normalized spacial score (nSPS) is 13.5. The van der Waals surface area contributed by atoms with Crippen LogP contribution in [-0.4, -0.2) is 47.7 Å². The van der Waals surface area contributed by atoms with Gasteiger partial charge in [0.15, 0.2) is 0 Å². The van der Waals surface area contributed by atoms with E-state index in [1.807, 2.05) is 0 Å². The number of quaternary nitrogens is 1. The van der Waals surface area contributed by atoms with Crippen LogP contribution >= 0.6 is 0 Å². The fourth-order valence-corrected chi connectivity index (χ4v) is 4.12. The number of hydrogen-bond acceptors (Lipinski definition) is 2. The Bertz CT molecular complexity index is 302. The first-order chi connectivity index (χ1) is 13.0. The fourth-order valence-electron chi connectivity index (χ4n) is 4.12. The largest absolute Gasteiger partial charge is 1.00 e. The van der Waals surface area contributed by atoms with Crippen molar-refractivity contribution in [2.75, 3.05) is 26.7 Å². The summed E-state index contributed by atoms with van der Waals surface area (Å²) in [6.07, 6.45) is 21.7. The lowest BCUT2D eigenvalue weighted by Gasteiger charge is -2.35. The van der Waals surface area contributed by atoms with Gasteiger partial charge < -0.3 is 38.7 Å². The van der Waals surface area contributed by atoms with E-state index >= 15 is 0 Å². The highest BCUT2D eigenvalue weighted by Gasteiger charge is 2.23. The molecule has 1 unspecified atom stereocenters. The molecule has 0 aliphatic rings. The zero-order valence-electron chi connectivity index (χ0n) is 19.4. The summed E-state index contributed by atoms with van der Waals surface area (Å²) in [5.74, 6) is 0. The second-order valence-corrected chi connectivity index (χ2v) is 9.03. The molecule has 1 atom stereocenters. The smallest absolute Gasteiger partial charge is 0.202 e. The van der Waals surface area contributed by atoms with Crippen molar-refractivity contribution in [2.24, 2.45) is 0 Å². The van der Waals surface area contributed by atoms with Crippen LogP contribution in [0.4, 0.5) is 0 Å². The Hall–Kier alpha value is 0.610. The molecule has 0 saturated heterocycles. The van der Waals surface area contributed by atoms with Crippen LogP contribution in [0.3, 0.4) is 0 Å². The molecule has 3 nitrogen and oxygen atoms in total. The minimum absolute atomic E-state index is 0. The van der Waals surface area contributed by atoms with Gasteiger partial charge in [-0.1, -0.05) is 97.3 Å². The lowest BCUT2D eigenvalue weighted by molar-refractivity contribution is -0.915. The van der Waals surface area contributed by atoms with Gasteiger partial charge in [0, 0.05) is 0 Å². The van der Waals surface area contributed by atoms with Crippen molar-refractivity contribution in [1.29, 1.82) is 0 Å². The number of hydrogen-bond donors (Lipinski definition) is 2. The van der Waals surface area contributed by atoms with Crippen LogP contribution in [0.1, 0.15) is 123 Å². The summed E-state index contributed by atoms with van der Waals surface area (Å²) < 4.78 is 0.822. The summed E-state index contributed by atoms with van der Waals surface area (Å²) in [7, 11) is 2.21. The number of nitrogens with zero attached hydrogens (tertiary/aromatic N) is 1. The van der Waals surface area contributed by atoms with Crippen molar-refractivity contribution in [1.82, 2.24) is 0 Å². The first kappa shape index (κ1) is 30.8. The van der Waals surface area contributed by atoms with Crippen molar-refractivity contribution >= 4 is 0 Å². The van der Waals surface area contributed by atoms with E-state index in [0.717, 1.165) is 17.6 Å². The Kier molecular flexibility index (Phi) is 24.5. The van der Waals surface area contributed by atoms with Crippen LogP contribution in [0, 0.1) is 0 Å². The fraction of sp³-hybridized carbons (Fsp3) is 1.00. The van der Waals surface area contributed by atoms with E-state index in [9.17, 15) is 10.2 Å². The summed E-state index contributed by atoms with van der Waals surface area (Å²) >= 11 is 0. The lowest BCUT2D eigenvalue weighted by atomic mass is 10.1. The van der Waals surface area contributed by atoms with E-state index in [-0.39, 0.29) is 24.0 Å². The van der Waals surface area contributed by atoms with Crippen LogP contribution < -0.4 is 24.0 Å². The van der Waals surface area contributed by atoms with Gasteiger partial charge in [-0.2, -0.15) is 0 Å². The maximum atomic E-state index is 9.48. The third-order valence-corrected chi connectivity index (χ3v) is 5.96. The third kappa shape index (κ3) is 21.3. The van der Waals surface area contributed by atoms with Crippen molar-refractivity contribution in [2.45, 2.75) is 129 Å². The Balaban J connectivity index is 0. The predicted molar refractivity (Wildman–Crippen MR) is 119 cm³/mol. The number of halogens is 1. The van der Waals surface area contributed by atoms with Gasteiger partial charge in [-0.15, -0.1) is 0 Å². The van der Waals surface area contributed by atoms with E-state index in [1.54, 1.807) is 0 Å². The van der Waals surface area contributed by atoms with Gasteiger partial charge in [-0.3, -0.25) is 0 Å². The van der Waals surface area contributed by atoms with E-state index in [4.69, 9.17) is 0 Å². The maximum Gasteiger partial charge on any atom is 0.202 e. The van der Waals surface area contributed by atoms with Gasteiger partial charge >= 0.3 is 0 Å². The molecular formula is C24H52INO2. The van der Waals surface area contributed by atoms with E-state index in [2.05, 4.69) is 20.9 Å². The summed E-state index contributed by atoms with van der Waals surface area (Å²) in [5, 5.41) is 19.0. The second kappa shape index (κ2) is 22.3. The molecule has 0 spiro atoms. The van der Waals surface area contributed by atoms with Crippen molar-refractivity contribution in [3.05, 3.63) is 0 Å². The predicted octanol–water partition coefficient (Wildman–Crippen LogP) is 3.42. The molecule has 0 aliphatic heterocycles. The molecule has 2 N–H and O–H groups in total. The summed E-state index contributed by atoms with van der Waals surface area (Å²) in [5.41, 5.74) is 0. The zero-order chi connectivity index (χ0) is 20.2. The summed E-state index contributed by atoms with van der Waals surface area (Å²) in [4.78, 5) is 0. The highest BCUT2D eigenvalue weighted by atomic mass is 127. The van der Waals surface area contributed by atoms with Crippen LogP contribution in [-0.2, 0) is 0 Å². The van der Waals surface area contributed by atoms with E-state index in [1.165, 1.54) is 109 Å². The molecule has 0 aliphatic carbocycles. The Morgan fingerprint density at radius 3 is 1.11 bits per heavy atom. The van der Waals surface area contributed by atoms with Gasteiger partial charge in [0.05, 0.1) is 20.1 Å². The molecule has 0 saturated carbocycles. The first-order valence-electron chi connectivity index (χ1n) is 12.2. The second-order valence-electron chi connectivity index (χ2n) is 9.03. The number of rotatable bonds is 21. The molecule has 0 radical (unpaired) electrons. The molecular weight excluding hydrogens is 461 g/mol. The highest BCUT2D eigenvalue weighted by molar-refractivity contribution is 4.51. The Morgan fingerprint density at radius 2 is 0.821 bits per heavy atom. The van der Waals surface area contributed by atoms with Crippen LogP contribution in [0.2, 0.25) is 0 Å². The van der Waals surface area contributed by atoms with E-state index in [0.29, 0.717) is 6.54 Å². The Morgan fingerprint density at radius 1 is 0.536 bits per heavy atom. The van der Waals surface area contributed by atoms with Gasteiger partial charge in [0.25, 0.3) is 0 Å². The summed E-state index contributed by atoms with van der Waals surface area (Å²) in [6, 6.07) is 0. The van der Waals surface area contributed by atoms with Gasteiger partial charge in [-0.25, -0.2) is 0 Å². The number of unbranched alkanes of at least 4 members (excludes halogenated alkanes) is 15. The molecule has 4 heteroatoms. The standard InChI is InChI=1S/C24H52NO2.HI/c1-4-6-8-10-12-13-14-15-16-18-20-22-25(3,23-24(26)27)21-19-17-11-9-7-5-2;/h24,26-27H,4-23H2,1-3H3;1H/q+1;/p-1. The van der Waals surface area contributed by atoms with Crippen LogP contribution in [0.15, 0.2) is 0 Å². The number of aliphatic hydroxyl groups is 2. The minimum Gasteiger partial charge on any atom is -1.00 e. The van der Waals surface area contributed by atoms with E-state index < -0.39 is 6.29 Å². The monoisotopic (exact) mass is 513 g/mol. The Labute approximate surface area is 194 Å². The molecule has 0 aromatic carbocycles. The zero-order valence-corrected chi connectivity index (χ0v) is 21.6. The van der Waals surface area contributed by atoms with Crippen molar-refractivity contribution in [3.63, 3.8) is 0 Å². The van der Waals surface area contributed by atoms with Gasteiger partial charge in [0.1, 0.15) is 6.54 Å². The molecule has 172 valence electrons. The van der Waals surface area contributed by atoms with Crippen molar-refractivity contribution < 1.29 is 38.7 Å². The van der Waals surface area contributed by atoms with Crippen LogP contribution in [0.25, 0.3) is 0 Å². The molecule has 0 aromatic rings. The SMILES string of the molecule is CCCCCCCCCCCCC[N+](C)(CCCCCCCC)CC(O)O.[I-].